The molecule has 0 aliphatic heterocycles. The van der Waals surface area contributed by atoms with Gasteiger partial charge in [0.25, 0.3) is 0 Å². The van der Waals surface area contributed by atoms with Crippen molar-refractivity contribution in [1.29, 1.82) is 0 Å². The van der Waals surface area contributed by atoms with Gasteiger partial charge in [0.05, 0.1) is 18.5 Å². The van der Waals surface area contributed by atoms with Crippen LogP contribution < -0.4 is 10.6 Å². The SMILES string of the molecule is CNC(C)C(=O)NC(CC(=O)O)c1cccs1. The zero-order valence-corrected chi connectivity index (χ0v) is 10.6. The van der Waals surface area contributed by atoms with Crippen LogP contribution in [0.1, 0.15) is 24.3 Å². The molecule has 2 unspecified atom stereocenters. The highest BCUT2D eigenvalue weighted by Crippen LogP contribution is 2.22. The Bertz CT molecular complexity index is 378. The number of likely N-dealkylation sites (N-methyl/N-ethyl adjacent to an activating group) is 1. The van der Waals surface area contributed by atoms with Gasteiger partial charge in [0.2, 0.25) is 5.91 Å². The van der Waals surface area contributed by atoms with Crippen molar-refractivity contribution in [3.63, 3.8) is 0 Å². The third-order valence-corrected chi connectivity index (χ3v) is 3.39. The van der Waals surface area contributed by atoms with E-state index in [1.807, 2.05) is 17.5 Å². The summed E-state index contributed by atoms with van der Waals surface area (Å²) in [4.78, 5) is 23.3. The lowest BCUT2D eigenvalue weighted by atomic mass is 10.1. The second kappa shape index (κ2) is 6.36. The van der Waals surface area contributed by atoms with E-state index >= 15 is 0 Å². The number of amides is 1. The van der Waals surface area contributed by atoms with Crippen LogP contribution in [-0.4, -0.2) is 30.1 Å². The number of aliphatic carboxylic acids is 1. The average Bonchev–Trinajstić information content (AvgIpc) is 2.79. The number of nitrogens with one attached hydrogen (secondary N) is 2. The van der Waals surface area contributed by atoms with Gasteiger partial charge in [0, 0.05) is 4.88 Å². The van der Waals surface area contributed by atoms with E-state index in [1.165, 1.54) is 11.3 Å². The Morgan fingerprint density at radius 3 is 2.71 bits per heavy atom. The Morgan fingerprint density at radius 1 is 1.53 bits per heavy atom. The van der Waals surface area contributed by atoms with Crippen molar-refractivity contribution in [3.8, 4) is 0 Å². The topological polar surface area (TPSA) is 78.4 Å². The molecular formula is C11H16N2O3S. The minimum atomic E-state index is -0.930. The lowest BCUT2D eigenvalue weighted by molar-refractivity contribution is -0.137. The second-order valence-electron chi connectivity index (χ2n) is 3.68. The maximum Gasteiger partial charge on any atom is 0.305 e. The molecule has 3 N–H and O–H groups in total. The molecule has 1 aromatic rings. The van der Waals surface area contributed by atoms with Gasteiger partial charge in [-0.05, 0) is 25.4 Å². The second-order valence-corrected chi connectivity index (χ2v) is 4.66. The molecule has 0 aliphatic rings. The fourth-order valence-corrected chi connectivity index (χ4v) is 2.09. The van der Waals surface area contributed by atoms with E-state index in [0.717, 1.165) is 4.88 Å². The van der Waals surface area contributed by atoms with Crippen molar-refractivity contribution < 1.29 is 14.7 Å². The van der Waals surface area contributed by atoms with Crippen molar-refractivity contribution in [2.75, 3.05) is 7.05 Å². The highest BCUT2D eigenvalue weighted by Gasteiger charge is 2.21. The molecule has 0 aliphatic carbocycles. The van der Waals surface area contributed by atoms with Crippen LogP contribution in [0.4, 0.5) is 0 Å². The van der Waals surface area contributed by atoms with E-state index in [1.54, 1.807) is 14.0 Å². The maximum absolute atomic E-state index is 11.7. The van der Waals surface area contributed by atoms with Gasteiger partial charge in [0.1, 0.15) is 0 Å². The quantitative estimate of drug-likeness (QED) is 0.709. The van der Waals surface area contributed by atoms with Crippen LogP contribution in [0, 0.1) is 0 Å². The summed E-state index contributed by atoms with van der Waals surface area (Å²) in [6, 6.07) is 2.85. The number of rotatable bonds is 6. The Hall–Kier alpha value is -1.40. The first-order valence-electron chi connectivity index (χ1n) is 5.27. The van der Waals surface area contributed by atoms with E-state index in [9.17, 15) is 9.59 Å². The molecule has 1 heterocycles. The summed E-state index contributed by atoms with van der Waals surface area (Å²) in [5.41, 5.74) is 0. The first kappa shape index (κ1) is 13.7. The van der Waals surface area contributed by atoms with Gasteiger partial charge >= 0.3 is 5.97 Å². The number of carbonyl (C=O) groups excluding carboxylic acids is 1. The minimum absolute atomic E-state index is 0.108. The Kier molecular flexibility index (Phi) is 5.11. The zero-order valence-electron chi connectivity index (χ0n) is 9.77. The summed E-state index contributed by atoms with van der Waals surface area (Å²) in [5, 5.41) is 16.2. The molecule has 6 heteroatoms. The third kappa shape index (κ3) is 4.16. The molecule has 0 spiro atoms. The molecule has 0 saturated carbocycles. The molecule has 1 amide bonds. The van der Waals surface area contributed by atoms with Gasteiger partial charge in [0.15, 0.2) is 0 Å². The molecule has 0 saturated heterocycles. The number of hydrogen-bond donors (Lipinski definition) is 3. The van der Waals surface area contributed by atoms with Crippen LogP contribution >= 0.6 is 11.3 Å². The summed E-state index contributed by atoms with van der Waals surface area (Å²) < 4.78 is 0. The maximum atomic E-state index is 11.7. The monoisotopic (exact) mass is 256 g/mol. The molecule has 94 valence electrons. The number of thiophene rings is 1. The van der Waals surface area contributed by atoms with Gasteiger partial charge in [-0.2, -0.15) is 0 Å². The largest absolute Gasteiger partial charge is 0.481 e. The van der Waals surface area contributed by atoms with Crippen molar-refractivity contribution >= 4 is 23.2 Å². The molecule has 1 aromatic heterocycles. The van der Waals surface area contributed by atoms with Crippen molar-refractivity contribution in [1.82, 2.24) is 10.6 Å². The molecule has 0 aromatic carbocycles. The van der Waals surface area contributed by atoms with Crippen molar-refractivity contribution in [2.24, 2.45) is 0 Å². The zero-order chi connectivity index (χ0) is 12.8. The molecule has 0 radical (unpaired) electrons. The highest BCUT2D eigenvalue weighted by atomic mass is 32.1. The van der Waals surface area contributed by atoms with Crippen LogP contribution in [0.5, 0.6) is 0 Å². The fraction of sp³-hybridized carbons (Fsp3) is 0.455. The summed E-state index contributed by atoms with van der Waals surface area (Å²) in [5.74, 6) is -1.13. The molecule has 2 atom stereocenters. The third-order valence-electron chi connectivity index (χ3n) is 2.41. The van der Waals surface area contributed by atoms with Gasteiger partial charge in [-0.15, -0.1) is 11.3 Å². The van der Waals surface area contributed by atoms with Gasteiger partial charge in [-0.25, -0.2) is 0 Å². The molecule has 5 nitrogen and oxygen atoms in total. The molecular weight excluding hydrogens is 240 g/mol. The van der Waals surface area contributed by atoms with Gasteiger partial charge in [-0.3, -0.25) is 9.59 Å². The fourth-order valence-electron chi connectivity index (χ4n) is 1.31. The highest BCUT2D eigenvalue weighted by molar-refractivity contribution is 7.10. The number of carboxylic acids is 1. The predicted molar refractivity (Wildman–Crippen MR) is 66.0 cm³/mol. The summed E-state index contributed by atoms with van der Waals surface area (Å²) in [6.45, 7) is 1.72. The first-order chi connectivity index (χ1) is 8.04. The molecule has 1 rings (SSSR count). The molecule has 17 heavy (non-hydrogen) atoms. The van der Waals surface area contributed by atoms with Crippen LogP contribution in [0.3, 0.4) is 0 Å². The van der Waals surface area contributed by atoms with Crippen molar-refractivity contribution in [2.45, 2.75) is 25.4 Å². The van der Waals surface area contributed by atoms with E-state index in [4.69, 9.17) is 5.11 Å². The van der Waals surface area contributed by atoms with Crippen LogP contribution in [0.2, 0.25) is 0 Å². The number of carbonyl (C=O) groups is 2. The number of hydrogen-bond acceptors (Lipinski definition) is 4. The molecule has 0 bridgehead atoms. The summed E-state index contributed by atoms with van der Waals surface area (Å²) >= 11 is 1.44. The van der Waals surface area contributed by atoms with Crippen LogP contribution in [-0.2, 0) is 9.59 Å². The Morgan fingerprint density at radius 2 is 2.24 bits per heavy atom. The lowest BCUT2D eigenvalue weighted by Gasteiger charge is -2.18. The summed E-state index contributed by atoms with van der Waals surface area (Å²) in [7, 11) is 1.68. The lowest BCUT2D eigenvalue weighted by Crippen LogP contribution is -2.42. The standard InChI is InChI=1S/C11H16N2O3S/c1-7(12-2)11(16)13-8(6-10(14)15)9-4-3-5-17-9/h3-5,7-8,12H,6H2,1-2H3,(H,13,16)(H,14,15). The van der Waals surface area contributed by atoms with Crippen LogP contribution in [0.15, 0.2) is 17.5 Å². The first-order valence-corrected chi connectivity index (χ1v) is 6.15. The van der Waals surface area contributed by atoms with Gasteiger partial charge < -0.3 is 15.7 Å². The van der Waals surface area contributed by atoms with E-state index in [2.05, 4.69) is 10.6 Å². The predicted octanol–water partition coefficient (Wildman–Crippen LogP) is 0.988. The van der Waals surface area contributed by atoms with E-state index in [-0.39, 0.29) is 18.4 Å². The van der Waals surface area contributed by atoms with E-state index in [0.29, 0.717) is 0 Å². The normalized spacial score (nSPS) is 14.0. The van der Waals surface area contributed by atoms with E-state index < -0.39 is 12.0 Å². The Balaban J connectivity index is 2.71. The van der Waals surface area contributed by atoms with Crippen molar-refractivity contribution in [3.05, 3.63) is 22.4 Å². The Labute approximate surface area is 104 Å². The summed E-state index contributed by atoms with van der Waals surface area (Å²) in [6.07, 6.45) is -0.108. The molecule has 0 fully saturated rings. The van der Waals surface area contributed by atoms with Crippen LogP contribution in [0.25, 0.3) is 0 Å². The average molecular weight is 256 g/mol. The number of carboxylic acid groups (broad SMARTS) is 1. The minimum Gasteiger partial charge on any atom is -0.481 e. The van der Waals surface area contributed by atoms with Gasteiger partial charge in [-0.1, -0.05) is 6.07 Å². The smallest absolute Gasteiger partial charge is 0.305 e.